The van der Waals surface area contributed by atoms with Gasteiger partial charge in [0.25, 0.3) is 0 Å². The van der Waals surface area contributed by atoms with Crippen LogP contribution in [0.15, 0.2) is 79.0 Å². The maximum atomic E-state index is 12.5. The van der Waals surface area contributed by atoms with Crippen LogP contribution < -0.4 is 16.4 Å². The Morgan fingerprint density at radius 1 is 0.972 bits per heavy atom. The second-order valence-electron chi connectivity index (χ2n) is 8.38. The zero-order valence-electron chi connectivity index (χ0n) is 19.8. The highest BCUT2D eigenvalue weighted by Gasteiger charge is 2.30. The largest absolute Gasteiger partial charge is 0.397 e. The molecule has 0 radical (unpaired) electrons. The molecule has 2 aromatic carbocycles. The minimum atomic E-state index is -0.298. The van der Waals surface area contributed by atoms with Crippen molar-refractivity contribution in [2.45, 2.75) is 6.54 Å². The molecule has 9 heteroatoms. The predicted molar refractivity (Wildman–Crippen MR) is 140 cm³/mol. The molecular weight excluding hydrogens is 456 g/mol. The smallest absolute Gasteiger partial charge is 0.248 e. The fourth-order valence-corrected chi connectivity index (χ4v) is 3.81. The van der Waals surface area contributed by atoms with E-state index in [1.807, 2.05) is 41.3 Å². The van der Waals surface area contributed by atoms with Gasteiger partial charge in [0.1, 0.15) is 5.82 Å². The summed E-state index contributed by atoms with van der Waals surface area (Å²) in [6.07, 6.45) is 4.68. The summed E-state index contributed by atoms with van der Waals surface area (Å²) in [6.45, 7) is 1.65. The normalized spacial score (nSPS) is 14.3. The van der Waals surface area contributed by atoms with Gasteiger partial charge in [-0.3, -0.25) is 24.2 Å². The first-order chi connectivity index (χ1) is 17.5. The highest BCUT2D eigenvalue weighted by atomic mass is 16.2. The SMILES string of the molecule is Nc1ccccc1NC(=O)C=Cc1ccc(NCCN2C(=O)CN(Cc3ccccc3)CC2=O)nc1. The monoisotopic (exact) mass is 484 g/mol. The number of nitrogens with one attached hydrogen (secondary N) is 2. The molecule has 36 heavy (non-hydrogen) atoms. The number of anilines is 3. The Bertz CT molecular complexity index is 1230. The summed E-state index contributed by atoms with van der Waals surface area (Å²) >= 11 is 0. The van der Waals surface area contributed by atoms with Gasteiger partial charge in [-0.2, -0.15) is 0 Å². The van der Waals surface area contributed by atoms with Crippen LogP contribution in [0.4, 0.5) is 17.2 Å². The summed E-state index contributed by atoms with van der Waals surface area (Å²) in [6, 6.07) is 20.4. The number of hydrogen-bond donors (Lipinski definition) is 3. The summed E-state index contributed by atoms with van der Waals surface area (Å²) in [5, 5.41) is 5.85. The van der Waals surface area contributed by atoms with Gasteiger partial charge < -0.3 is 16.4 Å². The van der Waals surface area contributed by atoms with Crippen molar-refractivity contribution in [1.82, 2.24) is 14.8 Å². The van der Waals surface area contributed by atoms with E-state index in [9.17, 15) is 14.4 Å². The van der Waals surface area contributed by atoms with Crippen molar-refractivity contribution < 1.29 is 14.4 Å². The Hall–Kier alpha value is -4.50. The van der Waals surface area contributed by atoms with Crippen LogP contribution in [0.25, 0.3) is 6.08 Å². The Kier molecular flexibility index (Phi) is 8.05. The molecule has 0 spiro atoms. The lowest BCUT2D eigenvalue weighted by Crippen LogP contribution is -2.54. The van der Waals surface area contributed by atoms with Gasteiger partial charge in [-0.25, -0.2) is 4.98 Å². The molecule has 0 atom stereocenters. The topological polar surface area (TPSA) is 121 Å². The van der Waals surface area contributed by atoms with Gasteiger partial charge in [0.15, 0.2) is 0 Å². The molecule has 0 bridgehead atoms. The molecule has 1 aromatic heterocycles. The fourth-order valence-electron chi connectivity index (χ4n) is 3.81. The number of rotatable bonds is 9. The third-order valence-electron chi connectivity index (χ3n) is 5.64. The van der Waals surface area contributed by atoms with Gasteiger partial charge in [0.2, 0.25) is 17.7 Å². The average Bonchev–Trinajstić information content (AvgIpc) is 2.87. The van der Waals surface area contributed by atoms with Gasteiger partial charge in [0, 0.05) is 31.9 Å². The molecule has 9 nitrogen and oxygen atoms in total. The van der Waals surface area contributed by atoms with Crippen LogP contribution >= 0.6 is 0 Å². The van der Waals surface area contributed by atoms with E-state index in [0.29, 0.717) is 30.3 Å². The van der Waals surface area contributed by atoms with Crippen molar-refractivity contribution in [3.63, 3.8) is 0 Å². The summed E-state index contributed by atoms with van der Waals surface area (Å²) in [4.78, 5) is 44.6. The second-order valence-corrected chi connectivity index (χ2v) is 8.38. The molecule has 184 valence electrons. The number of aromatic nitrogens is 1. The lowest BCUT2D eigenvalue weighted by atomic mass is 10.2. The van der Waals surface area contributed by atoms with E-state index in [4.69, 9.17) is 5.73 Å². The number of imide groups is 1. The van der Waals surface area contributed by atoms with E-state index in [1.165, 1.54) is 11.0 Å². The molecule has 1 saturated heterocycles. The number of piperazine rings is 1. The molecule has 0 unspecified atom stereocenters. The molecule has 4 N–H and O–H groups in total. The zero-order valence-corrected chi connectivity index (χ0v) is 19.8. The number of carbonyl (C=O) groups excluding carboxylic acids is 3. The number of benzene rings is 2. The van der Waals surface area contributed by atoms with E-state index in [1.54, 1.807) is 42.6 Å². The number of nitrogens with two attached hydrogens (primary N) is 1. The van der Waals surface area contributed by atoms with Crippen molar-refractivity contribution in [3.05, 3.63) is 90.1 Å². The van der Waals surface area contributed by atoms with E-state index in [2.05, 4.69) is 15.6 Å². The highest BCUT2D eigenvalue weighted by Crippen LogP contribution is 2.17. The molecule has 2 heterocycles. The Morgan fingerprint density at radius 2 is 1.69 bits per heavy atom. The van der Waals surface area contributed by atoms with E-state index >= 15 is 0 Å². The Balaban J connectivity index is 1.22. The quantitative estimate of drug-likeness (QED) is 0.243. The van der Waals surface area contributed by atoms with E-state index < -0.39 is 0 Å². The number of amides is 3. The maximum Gasteiger partial charge on any atom is 0.248 e. The number of para-hydroxylation sites is 2. The third kappa shape index (κ3) is 6.77. The molecule has 1 aliphatic rings. The maximum absolute atomic E-state index is 12.5. The third-order valence-corrected chi connectivity index (χ3v) is 5.64. The first kappa shape index (κ1) is 24.6. The first-order valence-corrected chi connectivity index (χ1v) is 11.6. The van der Waals surface area contributed by atoms with Gasteiger partial charge in [0.05, 0.1) is 24.5 Å². The highest BCUT2D eigenvalue weighted by molar-refractivity contribution is 6.03. The summed E-state index contributed by atoms with van der Waals surface area (Å²) in [7, 11) is 0. The number of nitrogens with zero attached hydrogens (tertiary/aromatic N) is 3. The number of carbonyl (C=O) groups is 3. The molecule has 1 fully saturated rings. The van der Waals surface area contributed by atoms with Crippen LogP contribution in [-0.4, -0.2) is 58.7 Å². The fraction of sp³-hybridized carbons (Fsp3) is 0.185. The average molecular weight is 485 g/mol. The van der Waals surface area contributed by atoms with Crippen LogP contribution in [0.1, 0.15) is 11.1 Å². The van der Waals surface area contributed by atoms with Gasteiger partial charge >= 0.3 is 0 Å². The van der Waals surface area contributed by atoms with Gasteiger partial charge in [-0.15, -0.1) is 0 Å². The van der Waals surface area contributed by atoms with Crippen LogP contribution in [0.5, 0.6) is 0 Å². The summed E-state index contributed by atoms with van der Waals surface area (Å²) in [5.74, 6) is -0.0921. The second kappa shape index (κ2) is 11.8. The van der Waals surface area contributed by atoms with E-state index in [0.717, 1.165) is 11.1 Å². The summed E-state index contributed by atoms with van der Waals surface area (Å²) < 4.78 is 0. The standard InChI is InChI=1S/C27H28N6O3/c28-22-8-4-5-9-23(22)31-25(34)13-11-20-10-12-24(30-16-20)29-14-15-33-26(35)18-32(19-27(33)36)17-21-6-2-1-3-7-21/h1-13,16H,14-15,17-19,28H2,(H,29,30)(H,31,34). The van der Waals surface area contributed by atoms with Crippen LogP contribution in [0.2, 0.25) is 0 Å². The summed E-state index contributed by atoms with van der Waals surface area (Å²) in [5.41, 5.74) is 8.70. The van der Waals surface area contributed by atoms with Crippen LogP contribution in [0.3, 0.4) is 0 Å². The molecule has 4 rings (SSSR count). The minimum absolute atomic E-state index is 0.201. The van der Waals surface area contributed by atoms with Crippen molar-refractivity contribution in [3.8, 4) is 0 Å². The van der Waals surface area contributed by atoms with Crippen molar-refractivity contribution in [2.24, 2.45) is 0 Å². The van der Waals surface area contributed by atoms with Crippen molar-refractivity contribution in [2.75, 3.05) is 42.5 Å². The van der Waals surface area contributed by atoms with E-state index in [-0.39, 0.29) is 37.4 Å². The van der Waals surface area contributed by atoms with Crippen LogP contribution in [-0.2, 0) is 20.9 Å². The molecular formula is C27H28N6O3. The Morgan fingerprint density at radius 3 is 2.39 bits per heavy atom. The molecule has 1 aliphatic heterocycles. The number of hydrogen-bond acceptors (Lipinski definition) is 7. The lowest BCUT2D eigenvalue weighted by molar-refractivity contribution is -0.151. The molecule has 0 saturated carbocycles. The number of pyridine rings is 1. The zero-order chi connectivity index (χ0) is 25.3. The number of nitrogen functional groups attached to an aromatic ring is 1. The molecule has 3 aromatic rings. The van der Waals surface area contributed by atoms with Crippen molar-refractivity contribution in [1.29, 1.82) is 0 Å². The Labute approximate surface area is 209 Å². The molecule has 3 amide bonds. The van der Waals surface area contributed by atoms with Gasteiger partial charge in [-0.05, 0) is 41.5 Å². The predicted octanol–water partition coefficient (Wildman–Crippen LogP) is 2.60. The van der Waals surface area contributed by atoms with Crippen molar-refractivity contribution >= 4 is 41.0 Å². The lowest BCUT2D eigenvalue weighted by Gasteiger charge is -2.32. The molecule has 0 aliphatic carbocycles. The first-order valence-electron chi connectivity index (χ1n) is 11.6. The van der Waals surface area contributed by atoms with Gasteiger partial charge in [-0.1, -0.05) is 42.5 Å². The minimum Gasteiger partial charge on any atom is -0.397 e. The van der Waals surface area contributed by atoms with Crippen LogP contribution in [0, 0.1) is 0 Å².